The molecule has 0 radical (unpaired) electrons. The number of unbranched alkanes of at least 4 members (excludes halogenated alkanes) is 2. The van der Waals surface area contributed by atoms with Crippen LogP contribution in [0.3, 0.4) is 0 Å². The van der Waals surface area contributed by atoms with Crippen molar-refractivity contribution < 1.29 is 15.0 Å². The Hall–Kier alpha value is -0.650. The van der Waals surface area contributed by atoms with Crippen LogP contribution in [0.2, 0.25) is 0 Å². The molecular formula is C15H26N2O3. The van der Waals surface area contributed by atoms with Gasteiger partial charge in [-0.15, -0.1) is 0 Å². The molecule has 2 heterocycles. The Bertz CT molecular complexity index is 354. The van der Waals surface area contributed by atoms with E-state index in [0.29, 0.717) is 25.1 Å². The Morgan fingerprint density at radius 2 is 1.85 bits per heavy atom. The quantitative estimate of drug-likeness (QED) is 0.677. The maximum atomic E-state index is 12.1. The second-order valence-electron chi connectivity index (χ2n) is 7.00. The van der Waals surface area contributed by atoms with Crippen LogP contribution in [0.1, 0.15) is 32.1 Å². The number of aliphatic hydroxyl groups is 2. The number of β-amino-alcohol motifs (C(OH)–C–C–N with tert-alkyl or cyclic N) is 1. The van der Waals surface area contributed by atoms with Gasteiger partial charge in [-0.2, -0.15) is 0 Å². The summed E-state index contributed by atoms with van der Waals surface area (Å²) in [5, 5.41) is 18.0. The van der Waals surface area contributed by atoms with Gasteiger partial charge in [0.05, 0.1) is 6.10 Å². The van der Waals surface area contributed by atoms with Crippen molar-refractivity contribution in [2.24, 2.45) is 11.3 Å². The van der Waals surface area contributed by atoms with Crippen molar-refractivity contribution in [3.8, 4) is 0 Å². The molecule has 0 aromatic heterocycles. The molecule has 3 aliphatic rings. The molecule has 3 fully saturated rings. The molecule has 1 spiro atoms. The minimum Gasteiger partial charge on any atom is -0.396 e. The van der Waals surface area contributed by atoms with E-state index in [1.165, 1.54) is 6.42 Å². The lowest BCUT2D eigenvalue weighted by Gasteiger charge is -2.59. The van der Waals surface area contributed by atoms with Crippen molar-refractivity contribution >= 4 is 5.91 Å². The van der Waals surface area contributed by atoms with Gasteiger partial charge in [-0.25, -0.2) is 0 Å². The lowest BCUT2D eigenvalue weighted by atomic mass is 9.57. The van der Waals surface area contributed by atoms with E-state index in [-0.39, 0.29) is 17.9 Å². The van der Waals surface area contributed by atoms with Crippen LogP contribution >= 0.6 is 0 Å². The summed E-state index contributed by atoms with van der Waals surface area (Å²) in [6.45, 7) is 4.83. The third-order valence-corrected chi connectivity index (χ3v) is 5.13. The van der Waals surface area contributed by atoms with E-state index in [9.17, 15) is 9.90 Å². The highest BCUT2D eigenvalue weighted by atomic mass is 16.3. The lowest BCUT2D eigenvalue weighted by Crippen LogP contribution is -2.65. The molecule has 1 amide bonds. The Labute approximate surface area is 120 Å². The van der Waals surface area contributed by atoms with Crippen LogP contribution in [-0.2, 0) is 4.79 Å². The number of likely N-dealkylation sites (tertiary alicyclic amines) is 2. The highest BCUT2D eigenvalue weighted by molar-refractivity contribution is 5.81. The van der Waals surface area contributed by atoms with E-state index >= 15 is 0 Å². The van der Waals surface area contributed by atoms with Crippen molar-refractivity contribution in [3.63, 3.8) is 0 Å². The van der Waals surface area contributed by atoms with E-state index in [4.69, 9.17) is 5.11 Å². The van der Waals surface area contributed by atoms with Crippen LogP contribution in [0.4, 0.5) is 0 Å². The number of aliphatic hydroxyl groups excluding tert-OH is 2. The molecule has 0 atom stereocenters. The third kappa shape index (κ3) is 2.71. The lowest BCUT2D eigenvalue weighted by molar-refractivity contribution is -0.163. The summed E-state index contributed by atoms with van der Waals surface area (Å²) in [5.41, 5.74) is 0.431. The van der Waals surface area contributed by atoms with Gasteiger partial charge in [0.2, 0.25) is 5.91 Å². The van der Waals surface area contributed by atoms with Gasteiger partial charge in [0.1, 0.15) is 0 Å². The van der Waals surface area contributed by atoms with Crippen LogP contribution in [-0.4, -0.2) is 71.4 Å². The SMILES string of the molecule is O=C(C1CC2(C1)CN(CCCCCO)C2)N1CC(O)C1. The van der Waals surface area contributed by atoms with Gasteiger partial charge >= 0.3 is 0 Å². The van der Waals surface area contributed by atoms with E-state index in [1.807, 2.05) is 0 Å². The van der Waals surface area contributed by atoms with Crippen molar-refractivity contribution in [3.05, 3.63) is 0 Å². The standard InChI is InChI=1S/C15H26N2O3/c18-5-3-1-2-4-16-10-15(11-16)6-12(7-15)14(20)17-8-13(19)9-17/h12-13,18-19H,1-11H2. The summed E-state index contributed by atoms with van der Waals surface area (Å²) < 4.78 is 0. The minimum atomic E-state index is -0.286. The van der Waals surface area contributed by atoms with Gasteiger partial charge in [0.15, 0.2) is 0 Å². The van der Waals surface area contributed by atoms with Crippen LogP contribution in [0, 0.1) is 11.3 Å². The van der Waals surface area contributed by atoms with Crippen LogP contribution in [0.25, 0.3) is 0 Å². The Balaban J connectivity index is 1.30. The van der Waals surface area contributed by atoms with Gasteiger partial charge in [-0.1, -0.05) is 0 Å². The zero-order valence-corrected chi connectivity index (χ0v) is 12.1. The first-order chi connectivity index (χ1) is 9.62. The second-order valence-corrected chi connectivity index (χ2v) is 7.00. The van der Waals surface area contributed by atoms with E-state index in [0.717, 1.165) is 45.3 Å². The van der Waals surface area contributed by atoms with Crippen molar-refractivity contribution in [1.29, 1.82) is 0 Å². The highest BCUT2D eigenvalue weighted by Crippen LogP contribution is 2.52. The summed E-state index contributed by atoms with van der Waals surface area (Å²) in [6, 6.07) is 0. The second kappa shape index (κ2) is 5.62. The van der Waals surface area contributed by atoms with Crippen molar-refractivity contribution in [1.82, 2.24) is 9.80 Å². The molecule has 1 saturated carbocycles. The fraction of sp³-hybridized carbons (Fsp3) is 0.933. The molecule has 2 aliphatic heterocycles. The monoisotopic (exact) mass is 282 g/mol. The molecule has 0 unspecified atom stereocenters. The van der Waals surface area contributed by atoms with Crippen LogP contribution < -0.4 is 0 Å². The molecule has 0 bridgehead atoms. The van der Waals surface area contributed by atoms with Gasteiger partial charge in [0.25, 0.3) is 0 Å². The molecule has 1 aliphatic carbocycles. The maximum Gasteiger partial charge on any atom is 0.225 e. The highest BCUT2D eigenvalue weighted by Gasteiger charge is 2.55. The van der Waals surface area contributed by atoms with E-state index in [1.54, 1.807) is 4.90 Å². The maximum absolute atomic E-state index is 12.1. The molecule has 20 heavy (non-hydrogen) atoms. The van der Waals surface area contributed by atoms with Crippen LogP contribution in [0.15, 0.2) is 0 Å². The summed E-state index contributed by atoms with van der Waals surface area (Å²) in [6.07, 6.45) is 5.00. The Morgan fingerprint density at radius 1 is 1.15 bits per heavy atom. The molecule has 5 heteroatoms. The number of amides is 1. The molecule has 114 valence electrons. The fourth-order valence-electron chi connectivity index (χ4n) is 4.00. The average Bonchev–Trinajstić information content (AvgIpc) is 2.29. The number of rotatable bonds is 6. The van der Waals surface area contributed by atoms with E-state index < -0.39 is 0 Å². The molecule has 0 aromatic rings. The minimum absolute atomic E-state index is 0.221. The predicted octanol–water partition coefficient (Wildman–Crippen LogP) is 0.0641. The normalized spacial score (nSPS) is 26.2. The van der Waals surface area contributed by atoms with E-state index in [2.05, 4.69) is 4.90 Å². The summed E-state index contributed by atoms with van der Waals surface area (Å²) in [7, 11) is 0. The molecular weight excluding hydrogens is 256 g/mol. The Kier molecular flexibility index (Phi) is 4.02. The molecule has 3 rings (SSSR count). The zero-order chi connectivity index (χ0) is 14.2. The predicted molar refractivity (Wildman–Crippen MR) is 75.1 cm³/mol. The first kappa shape index (κ1) is 14.3. The summed E-state index contributed by atoms with van der Waals surface area (Å²) in [4.78, 5) is 16.4. The third-order valence-electron chi connectivity index (χ3n) is 5.13. The summed E-state index contributed by atoms with van der Waals surface area (Å²) in [5.74, 6) is 0.487. The topological polar surface area (TPSA) is 64.0 Å². The number of hydrogen-bond acceptors (Lipinski definition) is 4. The number of carbonyl (C=O) groups excluding carboxylic acids is 1. The first-order valence-electron chi connectivity index (χ1n) is 7.92. The van der Waals surface area contributed by atoms with Crippen LogP contribution in [0.5, 0.6) is 0 Å². The average molecular weight is 282 g/mol. The molecule has 2 N–H and O–H groups in total. The van der Waals surface area contributed by atoms with Gasteiger partial charge in [-0.05, 0) is 44.1 Å². The molecule has 0 aromatic carbocycles. The smallest absolute Gasteiger partial charge is 0.225 e. The van der Waals surface area contributed by atoms with Crippen molar-refractivity contribution in [2.45, 2.75) is 38.2 Å². The number of carbonyl (C=O) groups is 1. The largest absolute Gasteiger partial charge is 0.396 e. The number of nitrogens with zero attached hydrogens (tertiary/aromatic N) is 2. The molecule has 5 nitrogen and oxygen atoms in total. The van der Waals surface area contributed by atoms with Gasteiger partial charge in [-0.3, -0.25) is 4.79 Å². The first-order valence-corrected chi connectivity index (χ1v) is 7.92. The van der Waals surface area contributed by atoms with Gasteiger partial charge in [0, 0.05) is 38.7 Å². The Morgan fingerprint density at radius 3 is 2.45 bits per heavy atom. The van der Waals surface area contributed by atoms with Gasteiger partial charge < -0.3 is 20.0 Å². The number of hydrogen-bond donors (Lipinski definition) is 2. The van der Waals surface area contributed by atoms with Crippen molar-refractivity contribution in [2.75, 3.05) is 39.3 Å². The zero-order valence-electron chi connectivity index (χ0n) is 12.1. The summed E-state index contributed by atoms with van der Waals surface area (Å²) >= 11 is 0. The fourth-order valence-corrected chi connectivity index (χ4v) is 4.00. The molecule has 2 saturated heterocycles.